The summed E-state index contributed by atoms with van der Waals surface area (Å²) in [7, 11) is 0. The summed E-state index contributed by atoms with van der Waals surface area (Å²) in [5.41, 5.74) is 1.48. The van der Waals surface area contributed by atoms with Crippen molar-refractivity contribution in [3.05, 3.63) is 42.0 Å². The Morgan fingerprint density at radius 2 is 1.48 bits per heavy atom. The molecule has 0 heterocycles. The molecule has 170 valence electrons. The number of carbonyl (C=O) groups is 1. The standard InChI is InChI=1S/C29H42O2/c1-3-5-7-8-10-11-23-13-15-24(16-14-23)25-17-18-27-22-28(20-19-26(27)21-25)31-29(30)12-9-6-4-2/h17-24H,3-16H2,1-2H3/t23-,24-. The minimum atomic E-state index is -0.119. The average molecular weight is 423 g/mol. The molecule has 1 aliphatic carbocycles. The molecule has 0 aromatic heterocycles. The number of ether oxygens (including phenoxy) is 1. The number of carbonyl (C=O) groups excluding carboxylic acids is 1. The molecule has 1 aliphatic rings. The Bertz CT molecular complexity index is 801. The first-order valence-corrected chi connectivity index (χ1v) is 12.9. The maximum Gasteiger partial charge on any atom is 0.311 e. The monoisotopic (exact) mass is 422 g/mol. The fourth-order valence-corrected chi connectivity index (χ4v) is 5.08. The minimum Gasteiger partial charge on any atom is -0.427 e. The van der Waals surface area contributed by atoms with E-state index < -0.39 is 0 Å². The van der Waals surface area contributed by atoms with Crippen molar-refractivity contribution in [2.75, 3.05) is 0 Å². The molecule has 0 aliphatic heterocycles. The Kier molecular flexibility index (Phi) is 9.90. The third kappa shape index (κ3) is 7.66. The quantitative estimate of drug-likeness (QED) is 0.194. The van der Waals surface area contributed by atoms with E-state index in [1.54, 1.807) is 0 Å². The second-order valence-electron chi connectivity index (χ2n) is 9.62. The third-order valence-electron chi connectivity index (χ3n) is 7.09. The van der Waals surface area contributed by atoms with Crippen molar-refractivity contribution in [2.45, 2.75) is 110 Å². The van der Waals surface area contributed by atoms with Crippen LogP contribution in [-0.4, -0.2) is 5.97 Å². The molecule has 0 amide bonds. The van der Waals surface area contributed by atoms with Crippen molar-refractivity contribution in [3.63, 3.8) is 0 Å². The highest BCUT2D eigenvalue weighted by atomic mass is 16.5. The van der Waals surface area contributed by atoms with Crippen molar-refractivity contribution in [1.29, 1.82) is 0 Å². The van der Waals surface area contributed by atoms with E-state index in [1.165, 1.54) is 75.2 Å². The molecule has 1 fully saturated rings. The molecule has 0 bridgehead atoms. The summed E-state index contributed by atoms with van der Waals surface area (Å²) < 4.78 is 5.54. The number of benzene rings is 2. The molecule has 2 aromatic rings. The molecule has 0 radical (unpaired) electrons. The number of unbranched alkanes of at least 4 members (excludes halogenated alkanes) is 6. The van der Waals surface area contributed by atoms with E-state index in [1.807, 2.05) is 12.1 Å². The van der Waals surface area contributed by atoms with Gasteiger partial charge in [0.2, 0.25) is 0 Å². The van der Waals surface area contributed by atoms with Gasteiger partial charge in [0, 0.05) is 6.42 Å². The fourth-order valence-electron chi connectivity index (χ4n) is 5.08. The summed E-state index contributed by atoms with van der Waals surface area (Å²) in [6.07, 6.45) is 17.5. The molecule has 0 spiro atoms. The van der Waals surface area contributed by atoms with Crippen LogP contribution in [0, 0.1) is 5.92 Å². The molecule has 31 heavy (non-hydrogen) atoms. The predicted octanol–water partition coefficient (Wildman–Crippen LogP) is 8.96. The maximum absolute atomic E-state index is 12.0. The number of hydrogen-bond acceptors (Lipinski definition) is 2. The van der Waals surface area contributed by atoms with Gasteiger partial charge in [-0.15, -0.1) is 0 Å². The van der Waals surface area contributed by atoms with Gasteiger partial charge in [-0.3, -0.25) is 4.79 Å². The Hall–Kier alpha value is -1.83. The molecule has 1 saturated carbocycles. The van der Waals surface area contributed by atoms with Gasteiger partial charge in [0.1, 0.15) is 5.75 Å². The lowest BCUT2D eigenvalue weighted by molar-refractivity contribution is -0.134. The first-order valence-electron chi connectivity index (χ1n) is 12.9. The normalized spacial score (nSPS) is 18.9. The number of fused-ring (bicyclic) bond motifs is 1. The lowest BCUT2D eigenvalue weighted by atomic mass is 9.77. The van der Waals surface area contributed by atoms with Gasteiger partial charge in [0.15, 0.2) is 0 Å². The topological polar surface area (TPSA) is 26.3 Å². The van der Waals surface area contributed by atoms with Crippen LogP contribution >= 0.6 is 0 Å². The Morgan fingerprint density at radius 3 is 2.26 bits per heavy atom. The summed E-state index contributed by atoms with van der Waals surface area (Å²) in [6, 6.07) is 12.9. The maximum atomic E-state index is 12.0. The SMILES string of the molecule is CCCCCCC[C@H]1CC[C@H](c2ccc3cc(OC(=O)CCCCC)ccc3c2)CC1. The zero-order valence-electron chi connectivity index (χ0n) is 19.8. The van der Waals surface area contributed by atoms with E-state index in [-0.39, 0.29) is 5.97 Å². The van der Waals surface area contributed by atoms with E-state index in [9.17, 15) is 4.79 Å². The summed E-state index contributed by atoms with van der Waals surface area (Å²) in [4.78, 5) is 12.0. The van der Waals surface area contributed by atoms with Gasteiger partial charge < -0.3 is 4.74 Å². The summed E-state index contributed by atoms with van der Waals surface area (Å²) in [5.74, 6) is 2.21. The van der Waals surface area contributed by atoms with Crippen molar-refractivity contribution < 1.29 is 9.53 Å². The molecule has 3 rings (SSSR count). The highest BCUT2D eigenvalue weighted by Crippen LogP contribution is 2.38. The molecule has 0 saturated heterocycles. The van der Waals surface area contributed by atoms with Crippen LogP contribution in [-0.2, 0) is 4.79 Å². The third-order valence-corrected chi connectivity index (χ3v) is 7.09. The molecule has 0 N–H and O–H groups in total. The molecular formula is C29H42O2. The highest BCUT2D eigenvalue weighted by Gasteiger charge is 2.22. The van der Waals surface area contributed by atoms with Gasteiger partial charge in [-0.1, -0.05) is 89.5 Å². The van der Waals surface area contributed by atoms with Gasteiger partial charge in [-0.05, 0) is 72.4 Å². The van der Waals surface area contributed by atoms with E-state index in [0.29, 0.717) is 18.1 Å². The van der Waals surface area contributed by atoms with Crippen LogP contribution in [0.15, 0.2) is 36.4 Å². The van der Waals surface area contributed by atoms with E-state index in [2.05, 4.69) is 38.1 Å². The Morgan fingerprint density at radius 1 is 0.806 bits per heavy atom. The molecule has 2 aromatic carbocycles. The fraction of sp³-hybridized carbons (Fsp3) is 0.621. The first kappa shape index (κ1) is 23.8. The highest BCUT2D eigenvalue weighted by molar-refractivity contribution is 5.85. The van der Waals surface area contributed by atoms with Crippen LogP contribution in [0.2, 0.25) is 0 Å². The zero-order chi connectivity index (χ0) is 21.9. The Balaban J connectivity index is 1.49. The summed E-state index contributed by atoms with van der Waals surface area (Å²) in [6.45, 7) is 4.43. The summed E-state index contributed by atoms with van der Waals surface area (Å²) >= 11 is 0. The van der Waals surface area contributed by atoms with Crippen LogP contribution < -0.4 is 4.74 Å². The minimum absolute atomic E-state index is 0.119. The van der Waals surface area contributed by atoms with E-state index >= 15 is 0 Å². The van der Waals surface area contributed by atoms with Crippen LogP contribution in [0.3, 0.4) is 0 Å². The van der Waals surface area contributed by atoms with Gasteiger partial charge >= 0.3 is 5.97 Å². The largest absolute Gasteiger partial charge is 0.427 e. The van der Waals surface area contributed by atoms with Gasteiger partial charge in [-0.25, -0.2) is 0 Å². The van der Waals surface area contributed by atoms with Gasteiger partial charge in [0.25, 0.3) is 0 Å². The number of esters is 1. The van der Waals surface area contributed by atoms with Crippen molar-refractivity contribution in [2.24, 2.45) is 5.92 Å². The lowest BCUT2D eigenvalue weighted by Crippen LogP contribution is -2.13. The number of hydrogen-bond donors (Lipinski definition) is 0. The van der Waals surface area contributed by atoms with Crippen molar-refractivity contribution in [3.8, 4) is 5.75 Å². The second kappa shape index (κ2) is 12.9. The smallest absolute Gasteiger partial charge is 0.311 e. The molecule has 0 atom stereocenters. The lowest BCUT2D eigenvalue weighted by Gasteiger charge is -2.29. The van der Waals surface area contributed by atoms with Crippen LogP contribution in [0.4, 0.5) is 0 Å². The van der Waals surface area contributed by atoms with Crippen LogP contribution in [0.25, 0.3) is 10.8 Å². The Labute approximate surface area is 189 Å². The molecule has 2 nitrogen and oxygen atoms in total. The van der Waals surface area contributed by atoms with Gasteiger partial charge in [0.05, 0.1) is 0 Å². The molecular weight excluding hydrogens is 380 g/mol. The first-order chi connectivity index (χ1) is 15.2. The molecule has 0 unspecified atom stereocenters. The second-order valence-corrected chi connectivity index (χ2v) is 9.62. The number of rotatable bonds is 12. The predicted molar refractivity (Wildman–Crippen MR) is 132 cm³/mol. The van der Waals surface area contributed by atoms with Crippen molar-refractivity contribution >= 4 is 16.7 Å². The van der Waals surface area contributed by atoms with E-state index in [4.69, 9.17) is 4.74 Å². The zero-order valence-corrected chi connectivity index (χ0v) is 19.8. The average Bonchev–Trinajstić information content (AvgIpc) is 2.79. The van der Waals surface area contributed by atoms with Crippen LogP contribution in [0.5, 0.6) is 5.75 Å². The molecule has 2 heteroatoms. The van der Waals surface area contributed by atoms with Crippen LogP contribution in [0.1, 0.15) is 115 Å². The van der Waals surface area contributed by atoms with Crippen molar-refractivity contribution in [1.82, 2.24) is 0 Å². The van der Waals surface area contributed by atoms with Gasteiger partial charge in [-0.2, -0.15) is 0 Å². The summed E-state index contributed by atoms with van der Waals surface area (Å²) in [5, 5.41) is 2.41. The van der Waals surface area contributed by atoms with E-state index in [0.717, 1.165) is 30.6 Å².